The molecule has 3 N–H and O–H groups in total. The maximum absolute atomic E-state index is 9.94. The summed E-state index contributed by atoms with van der Waals surface area (Å²) in [5.41, 5.74) is 6.33. The number of hydrogen-bond acceptors (Lipinski definition) is 4. The van der Waals surface area contributed by atoms with Gasteiger partial charge in [0.05, 0.1) is 5.56 Å². The van der Waals surface area contributed by atoms with Gasteiger partial charge >= 0.3 is 0 Å². The number of thiocarbonyl (C=S) groups is 1. The summed E-state index contributed by atoms with van der Waals surface area (Å²) in [7, 11) is 0. The smallest absolute Gasteiger partial charge is 0.129 e. The Balaban J connectivity index is 2.55. The van der Waals surface area contributed by atoms with Crippen LogP contribution in [-0.4, -0.2) is 47.3 Å². The highest BCUT2D eigenvalue weighted by molar-refractivity contribution is 7.80. The first kappa shape index (κ1) is 15.9. The molecule has 1 aromatic rings. The SMILES string of the molecule is CCN(CC)CC(O)COc1ccccc1C(N)=S. The molecule has 0 bridgehead atoms. The van der Waals surface area contributed by atoms with Gasteiger partial charge in [-0.15, -0.1) is 0 Å². The second kappa shape index (κ2) is 8.09. The van der Waals surface area contributed by atoms with E-state index in [9.17, 15) is 5.11 Å². The van der Waals surface area contributed by atoms with Crippen molar-refractivity contribution in [2.24, 2.45) is 5.73 Å². The van der Waals surface area contributed by atoms with E-state index in [4.69, 9.17) is 22.7 Å². The molecule has 1 aromatic carbocycles. The molecule has 0 aliphatic carbocycles. The fourth-order valence-corrected chi connectivity index (χ4v) is 1.98. The Hall–Kier alpha value is -1.17. The lowest BCUT2D eigenvalue weighted by Gasteiger charge is -2.22. The van der Waals surface area contributed by atoms with Gasteiger partial charge in [0.2, 0.25) is 0 Å². The quantitative estimate of drug-likeness (QED) is 0.706. The first-order valence-corrected chi connectivity index (χ1v) is 6.91. The zero-order valence-corrected chi connectivity index (χ0v) is 12.3. The third kappa shape index (κ3) is 5.14. The Morgan fingerprint density at radius 3 is 2.58 bits per heavy atom. The summed E-state index contributed by atoms with van der Waals surface area (Å²) in [6.07, 6.45) is -0.528. The van der Waals surface area contributed by atoms with E-state index in [-0.39, 0.29) is 6.61 Å². The first-order valence-electron chi connectivity index (χ1n) is 6.50. The number of aliphatic hydroxyl groups is 1. The minimum Gasteiger partial charge on any atom is -0.490 e. The van der Waals surface area contributed by atoms with Crippen molar-refractivity contribution in [2.45, 2.75) is 20.0 Å². The largest absolute Gasteiger partial charge is 0.490 e. The monoisotopic (exact) mass is 282 g/mol. The Morgan fingerprint density at radius 1 is 1.37 bits per heavy atom. The third-order valence-electron chi connectivity index (χ3n) is 2.95. The van der Waals surface area contributed by atoms with E-state index in [1.807, 2.05) is 18.2 Å². The van der Waals surface area contributed by atoms with Crippen molar-refractivity contribution in [1.82, 2.24) is 4.90 Å². The fraction of sp³-hybridized carbons (Fsp3) is 0.500. The van der Waals surface area contributed by atoms with Gasteiger partial charge in [-0.3, -0.25) is 0 Å². The van der Waals surface area contributed by atoms with Gasteiger partial charge in [-0.1, -0.05) is 38.2 Å². The molecule has 0 fully saturated rings. The molecule has 1 unspecified atom stereocenters. The Kier molecular flexibility index (Phi) is 6.77. The van der Waals surface area contributed by atoms with Crippen LogP contribution < -0.4 is 10.5 Å². The summed E-state index contributed by atoms with van der Waals surface area (Å²) < 4.78 is 5.61. The Morgan fingerprint density at radius 2 is 2.00 bits per heavy atom. The molecule has 0 saturated carbocycles. The van der Waals surface area contributed by atoms with Gasteiger partial charge in [-0.25, -0.2) is 0 Å². The van der Waals surface area contributed by atoms with Crippen LogP contribution >= 0.6 is 12.2 Å². The highest BCUT2D eigenvalue weighted by Gasteiger charge is 2.11. The predicted octanol–water partition coefficient (Wildman–Crippen LogP) is 1.40. The lowest BCUT2D eigenvalue weighted by molar-refractivity contribution is 0.0716. The zero-order valence-electron chi connectivity index (χ0n) is 11.5. The Bertz CT molecular complexity index is 408. The molecule has 0 radical (unpaired) electrons. The number of rotatable bonds is 8. The number of hydrogen-bond donors (Lipinski definition) is 2. The van der Waals surface area contributed by atoms with Crippen LogP contribution in [0.5, 0.6) is 5.75 Å². The van der Waals surface area contributed by atoms with Crippen LogP contribution in [0.3, 0.4) is 0 Å². The summed E-state index contributed by atoms with van der Waals surface area (Å²) >= 11 is 4.96. The minimum atomic E-state index is -0.528. The zero-order chi connectivity index (χ0) is 14.3. The lowest BCUT2D eigenvalue weighted by atomic mass is 10.2. The summed E-state index contributed by atoms with van der Waals surface area (Å²) in [5, 5.41) is 9.94. The number of ether oxygens (including phenoxy) is 1. The summed E-state index contributed by atoms with van der Waals surface area (Å²) in [4.78, 5) is 2.45. The van der Waals surface area contributed by atoms with Gasteiger partial charge in [0.25, 0.3) is 0 Å². The van der Waals surface area contributed by atoms with Gasteiger partial charge in [0.15, 0.2) is 0 Å². The van der Waals surface area contributed by atoms with Crippen LogP contribution in [0.2, 0.25) is 0 Å². The topological polar surface area (TPSA) is 58.7 Å². The average Bonchev–Trinajstić information content (AvgIpc) is 2.42. The molecule has 5 heteroatoms. The first-order chi connectivity index (χ1) is 9.08. The van der Waals surface area contributed by atoms with E-state index < -0.39 is 6.10 Å². The van der Waals surface area contributed by atoms with Gasteiger partial charge < -0.3 is 20.5 Å². The molecule has 106 valence electrons. The van der Waals surface area contributed by atoms with E-state index in [0.717, 1.165) is 13.1 Å². The van der Waals surface area contributed by atoms with Crippen molar-refractivity contribution in [3.63, 3.8) is 0 Å². The van der Waals surface area contributed by atoms with Crippen LogP contribution in [0.4, 0.5) is 0 Å². The van der Waals surface area contributed by atoms with Crippen LogP contribution in [0.15, 0.2) is 24.3 Å². The number of benzene rings is 1. The number of para-hydroxylation sites is 1. The third-order valence-corrected chi connectivity index (χ3v) is 3.17. The molecule has 1 atom stereocenters. The molecule has 1 rings (SSSR count). The van der Waals surface area contributed by atoms with Crippen LogP contribution in [0, 0.1) is 0 Å². The molecular weight excluding hydrogens is 260 g/mol. The summed E-state index contributed by atoms with van der Waals surface area (Å²) in [6, 6.07) is 7.33. The second-order valence-electron chi connectivity index (χ2n) is 4.31. The van der Waals surface area contributed by atoms with Gasteiger partial charge in [-0.05, 0) is 25.2 Å². The van der Waals surface area contributed by atoms with E-state index in [2.05, 4.69) is 18.7 Å². The molecule has 0 saturated heterocycles. The highest BCUT2D eigenvalue weighted by atomic mass is 32.1. The van der Waals surface area contributed by atoms with E-state index >= 15 is 0 Å². The van der Waals surface area contributed by atoms with Crippen molar-refractivity contribution < 1.29 is 9.84 Å². The molecule has 0 spiro atoms. The van der Waals surface area contributed by atoms with E-state index in [1.54, 1.807) is 6.07 Å². The average molecular weight is 282 g/mol. The lowest BCUT2D eigenvalue weighted by Crippen LogP contribution is -2.35. The Labute approximate surface area is 120 Å². The van der Waals surface area contributed by atoms with E-state index in [1.165, 1.54) is 0 Å². The number of aliphatic hydroxyl groups excluding tert-OH is 1. The maximum atomic E-state index is 9.94. The molecule has 19 heavy (non-hydrogen) atoms. The fourth-order valence-electron chi connectivity index (χ4n) is 1.81. The van der Waals surface area contributed by atoms with Crippen molar-refractivity contribution in [3.8, 4) is 5.75 Å². The summed E-state index contributed by atoms with van der Waals surface area (Å²) in [6.45, 7) is 6.80. The number of nitrogens with zero attached hydrogens (tertiary/aromatic N) is 1. The van der Waals surface area contributed by atoms with Crippen molar-refractivity contribution in [2.75, 3.05) is 26.2 Å². The van der Waals surface area contributed by atoms with Gasteiger partial charge in [0.1, 0.15) is 23.4 Å². The molecule has 0 aromatic heterocycles. The predicted molar refractivity (Wildman–Crippen MR) is 81.6 cm³/mol. The minimum absolute atomic E-state index is 0.232. The molecular formula is C14H22N2O2S. The normalized spacial score (nSPS) is 12.4. The molecule has 0 heterocycles. The highest BCUT2D eigenvalue weighted by Crippen LogP contribution is 2.17. The van der Waals surface area contributed by atoms with Crippen LogP contribution in [0.1, 0.15) is 19.4 Å². The van der Waals surface area contributed by atoms with Crippen LogP contribution in [-0.2, 0) is 0 Å². The second-order valence-corrected chi connectivity index (χ2v) is 4.75. The molecule has 0 aliphatic rings. The molecule has 4 nitrogen and oxygen atoms in total. The van der Waals surface area contributed by atoms with Crippen molar-refractivity contribution in [3.05, 3.63) is 29.8 Å². The molecule has 0 aliphatic heterocycles. The van der Waals surface area contributed by atoms with Crippen LogP contribution in [0.25, 0.3) is 0 Å². The van der Waals surface area contributed by atoms with Gasteiger partial charge in [0, 0.05) is 6.54 Å². The van der Waals surface area contributed by atoms with Gasteiger partial charge in [-0.2, -0.15) is 0 Å². The van der Waals surface area contributed by atoms with E-state index in [0.29, 0.717) is 22.8 Å². The molecule has 0 amide bonds. The van der Waals surface area contributed by atoms with Crippen molar-refractivity contribution >= 4 is 17.2 Å². The maximum Gasteiger partial charge on any atom is 0.129 e. The van der Waals surface area contributed by atoms with Crippen molar-refractivity contribution in [1.29, 1.82) is 0 Å². The standard InChI is InChI=1S/C14H22N2O2S/c1-3-16(4-2)9-11(17)10-18-13-8-6-5-7-12(13)14(15)19/h5-8,11,17H,3-4,9-10H2,1-2H3,(H2,15,19). The number of likely N-dealkylation sites (N-methyl/N-ethyl adjacent to an activating group) is 1. The summed E-state index contributed by atoms with van der Waals surface area (Å²) in [5.74, 6) is 0.619. The number of nitrogens with two attached hydrogens (primary N) is 1.